The molecule has 102 valence electrons. The lowest BCUT2D eigenvalue weighted by molar-refractivity contribution is -0.118. The van der Waals surface area contributed by atoms with Crippen LogP contribution in [0.1, 0.15) is 24.8 Å². The van der Waals surface area contributed by atoms with Crippen LogP contribution in [0.2, 0.25) is 0 Å². The lowest BCUT2D eigenvalue weighted by atomic mass is 10.2. The number of sulfonamides is 1. The highest BCUT2D eigenvalue weighted by Crippen LogP contribution is 2.13. The second kappa shape index (κ2) is 6.87. The second-order valence-electron chi connectivity index (χ2n) is 3.93. The Morgan fingerprint density at radius 3 is 2.63 bits per heavy atom. The first-order valence-corrected chi connectivity index (χ1v) is 7.23. The van der Waals surface area contributed by atoms with Gasteiger partial charge in [0.2, 0.25) is 15.9 Å². The summed E-state index contributed by atoms with van der Waals surface area (Å²) in [7, 11) is -3.69. The van der Waals surface area contributed by atoms with Crippen LogP contribution in [-0.2, 0) is 14.8 Å². The van der Waals surface area contributed by atoms with E-state index in [1.807, 2.05) is 6.07 Å². The smallest absolute Gasteiger partial charge is 0.241 e. The van der Waals surface area contributed by atoms with Crippen LogP contribution < -0.4 is 10.5 Å². The standard InChI is InChI=1S/C12H15N3O3S/c13-9-10-5-1-2-6-11(10)19(17,18)15-8-4-3-7-12(14)16/h1-2,5-6,15H,3-4,7-8H2,(H2,14,16). The van der Waals surface area contributed by atoms with Crippen LogP contribution >= 0.6 is 0 Å². The van der Waals surface area contributed by atoms with Gasteiger partial charge in [-0.15, -0.1) is 0 Å². The van der Waals surface area contributed by atoms with Gasteiger partial charge in [-0.1, -0.05) is 12.1 Å². The quantitative estimate of drug-likeness (QED) is 0.708. The highest BCUT2D eigenvalue weighted by Gasteiger charge is 2.17. The number of hydrogen-bond acceptors (Lipinski definition) is 4. The zero-order chi connectivity index (χ0) is 14.3. The van der Waals surface area contributed by atoms with Gasteiger partial charge in [0.25, 0.3) is 0 Å². The first kappa shape index (κ1) is 15.1. The summed E-state index contributed by atoms with van der Waals surface area (Å²) in [4.78, 5) is 10.5. The highest BCUT2D eigenvalue weighted by molar-refractivity contribution is 7.89. The molecule has 1 aromatic carbocycles. The number of carbonyl (C=O) groups excluding carboxylic acids is 1. The van der Waals surface area contributed by atoms with Gasteiger partial charge in [0.05, 0.1) is 10.5 Å². The molecule has 0 bridgehead atoms. The first-order chi connectivity index (χ1) is 8.97. The third kappa shape index (κ3) is 4.69. The van der Waals surface area contributed by atoms with Crippen molar-refractivity contribution in [3.63, 3.8) is 0 Å². The fourth-order valence-corrected chi connectivity index (χ4v) is 2.73. The molecular formula is C12H15N3O3S. The monoisotopic (exact) mass is 281 g/mol. The van der Waals surface area contributed by atoms with Crippen LogP contribution in [-0.4, -0.2) is 20.9 Å². The second-order valence-corrected chi connectivity index (χ2v) is 5.66. The summed E-state index contributed by atoms with van der Waals surface area (Å²) in [5, 5.41) is 8.86. The Morgan fingerprint density at radius 2 is 2.00 bits per heavy atom. The molecule has 3 N–H and O–H groups in total. The topological polar surface area (TPSA) is 113 Å². The highest BCUT2D eigenvalue weighted by atomic mass is 32.2. The Hall–Kier alpha value is -1.91. The summed E-state index contributed by atoms with van der Waals surface area (Å²) < 4.78 is 26.3. The largest absolute Gasteiger partial charge is 0.370 e. The van der Waals surface area contributed by atoms with Crippen LogP contribution in [0.3, 0.4) is 0 Å². The number of benzene rings is 1. The number of rotatable bonds is 7. The summed E-state index contributed by atoms with van der Waals surface area (Å²) in [6.45, 7) is 0.204. The average Bonchev–Trinajstić information content (AvgIpc) is 2.37. The van der Waals surface area contributed by atoms with E-state index >= 15 is 0 Å². The molecule has 0 aliphatic heterocycles. The van der Waals surface area contributed by atoms with Crippen molar-refractivity contribution in [2.24, 2.45) is 5.73 Å². The van der Waals surface area contributed by atoms with Crippen molar-refractivity contribution in [1.82, 2.24) is 4.72 Å². The van der Waals surface area contributed by atoms with Gasteiger partial charge in [-0.2, -0.15) is 5.26 Å². The van der Waals surface area contributed by atoms with Crippen LogP contribution in [0.5, 0.6) is 0 Å². The summed E-state index contributed by atoms with van der Waals surface area (Å²) in [6, 6.07) is 7.82. The van der Waals surface area contributed by atoms with Crippen molar-refractivity contribution in [3.05, 3.63) is 29.8 Å². The van der Waals surface area contributed by atoms with Crippen molar-refractivity contribution in [1.29, 1.82) is 5.26 Å². The average molecular weight is 281 g/mol. The number of carbonyl (C=O) groups is 1. The first-order valence-electron chi connectivity index (χ1n) is 5.74. The molecule has 0 heterocycles. The van der Waals surface area contributed by atoms with E-state index in [2.05, 4.69) is 4.72 Å². The molecule has 0 radical (unpaired) electrons. The number of nitrogens with zero attached hydrogens (tertiary/aromatic N) is 1. The minimum atomic E-state index is -3.69. The lowest BCUT2D eigenvalue weighted by Crippen LogP contribution is -2.25. The molecule has 0 fully saturated rings. The van der Waals surface area contributed by atoms with Gasteiger partial charge in [0.15, 0.2) is 0 Å². The number of hydrogen-bond donors (Lipinski definition) is 2. The number of primary amides is 1. The maximum atomic E-state index is 12.0. The molecule has 0 atom stereocenters. The summed E-state index contributed by atoms with van der Waals surface area (Å²) in [6.07, 6.45) is 1.27. The number of nitriles is 1. The number of nitrogens with two attached hydrogens (primary N) is 1. The maximum absolute atomic E-state index is 12.0. The van der Waals surface area contributed by atoms with Crippen molar-refractivity contribution in [3.8, 4) is 6.07 Å². The Balaban J connectivity index is 2.62. The molecule has 0 unspecified atom stereocenters. The summed E-state index contributed by atoms with van der Waals surface area (Å²) >= 11 is 0. The molecular weight excluding hydrogens is 266 g/mol. The van der Waals surface area contributed by atoms with Gasteiger partial charge in [0, 0.05) is 13.0 Å². The van der Waals surface area contributed by atoms with Gasteiger partial charge in [-0.25, -0.2) is 13.1 Å². The summed E-state index contributed by atoms with van der Waals surface area (Å²) in [5.74, 6) is -0.405. The van der Waals surface area contributed by atoms with E-state index in [0.29, 0.717) is 12.8 Å². The third-order valence-corrected chi connectivity index (χ3v) is 3.96. The van der Waals surface area contributed by atoms with Crippen LogP contribution in [0.25, 0.3) is 0 Å². The Bertz CT molecular complexity index is 590. The van der Waals surface area contributed by atoms with Crippen LogP contribution in [0.15, 0.2) is 29.2 Å². The zero-order valence-corrected chi connectivity index (χ0v) is 11.1. The van der Waals surface area contributed by atoms with Gasteiger partial charge in [-0.05, 0) is 25.0 Å². The van der Waals surface area contributed by atoms with Gasteiger partial charge < -0.3 is 5.73 Å². The molecule has 1 aromatic rings. The van der Waals surface area contributed by atoms with Gasteiger partial charge in [-0.3, -0.25) is 4.79 Å². The summed E-state index contributed by atoms with van der Waals surface area (Å²) in [5.41, 5.74) is 5.08. The van der Waals surface area contributed by atoms with E-state index < -0.39 is 15.9 Å². The minimum Gasteiger partial charge on any atom is -0.370 e. The normalized spacial score (nSPS) is 10.9. The van der Waals surface area contributed by atoms with E-state index in [1.165, 1.54) is 12.1 Å². The predicted octanol–water partition coefficient (Wildman–Crippen LogP) is 0.492. The van der Waals surface area contributed by atoms with Gasteiger partial charge >= 0.3 is 0 Å². The molecule has 0 saturated carbocycles. The molecule has 19 heavy (non-hydrogen) atoms. The molecule has 0 aliphatic rings. The molecule has 1 amide bonds. The fraction of sp³-hybridized carbons (Fsp3) is 0.333. The Morgan fingerprint density at radius 1 is 1.32 bits per heavy atom. The number of amides is 1. The molecule has 6 nitrogen and oxygen atoms in total. The molecule has 1 rings (SSSR count). The van der Waals surface area contributed by atoms with E-state index in [0.717, 1.165) is 0 Å². The lowest BCUT2D eigenvalue weighted by Gasteiger charge is -2.07. The van der Waals surface area contributed by atoms with Crippen molar-refractivity contribution in [2.45, 2.75) is 24.2 Å². The molecule has 0 aliphatic carbocycles. The number of unbranched alkanes of at least 4 members (excludes halogenated alkanes) is 1. The van der Waals surface area contributed by atoms with Crippen molar-refractivity contribution in [2.75, 3.05) is 6.54 Å². The van der Waals surface area contributed by atoms with Crippen LogP contribution in [0.4, 0.5) is 0 Å². The van der Waals surface area contributed by atoms with E-state index in [1.54, 1.807) is 12.1 Å². The molecule has 0 saturated heterocycles. The van der Waals surface area contributed by atoms with E-state index in [9.17, 15) is 13.2 Å². The third-order valence-electron chi connectivity index (χ3n) is 2.44. The zero-order valence-electron chi connectivity index (χ0n) is 10.3. The van der Waals surface area contributed by atoms with E-state index in [-0.39, 0.29) is 23.4 Å². The molecule has 7 heteroatoms. The molecule has 0 aromatic heterocycles. The van der Waals surface area contributed by atoms with Crippen molar-refractivity contribution >= 4 is 15.9 Å². The maximum Gasteiger partial charge on any atom is 0.241 e. The number of nitrogens with one attached hydrogen (secondary N) is 1. The van der Waals surface area contributed by atoms with Crippen LogP contribution in [0, 0.1) is 11.3 Å². The molecule has 0 spiro atoms. The Labute approximate surface area is 112 Å². The fourth-order valence-electron chi connectivity index (χ4n) is 1.50. The Kier molecular flexibility index (Phi) is 5.48. The van der Waals surface area contributed by atoms with Crippen molar-refractivity contribution < 1.29 is 13.2 Å². The predicted molar refractivity (Wildman–Crippen MR) is 69.4 cm³/mol. The SMILES string of the molecule is N#Cc1ccccc1S(=O)(=O)NCCCCC(N)=O. The minimum absolute atomic E-state index is 0.0348. The van der Waals surface area contributed by atoms with Gasteiger partial charge in [0.1, 0.15) is 6.07 Å². The van der Waals surface area contributed by atoms with E-state index in [4.69, 9.17) is 11.0 Å².